The van der Waals surface area contributed by atoms with Gasteiger partial charge in [-0.3, -0.25) is 0 Å². The van der Waals surface area contributed by atoms with Gasteiger partial charge in [0.2, 0.25) is 0 Å². The Labute approximate surface area is 98.4 Å². The highest BCUT2D eigenvalue weighted by atomic mass is 127. The van der Waals surface area contributed by atoms with Crippen molar-refractivity contribution in [3.63, 3.8) is 0 Å². The van der Waals surface area contributed by atoms with Crippen molar-refractivity contribution in [3.8, 4) is 0 Å². The SMILES string of the molecule is COC(=O)N[C@H]1CC/C=C/CC[C@@H]1I. The van der Waals surface area contributed by atoms with E-state index in [-0.39, 0.29) is 12.1 Å². The summed E-state index contributed by atoms with van der Waals surface area (Å²) in [5.41, 5.74) is 0. The molecule has 14 heavy (non-hydrogen) atoms. The van der Waals surface area contributed by atoms with Gasteiger partial charge in [-0.25, -0.2) is 4.79 Å². The molecule has 4 heteroatoms. The Bertz CT molecular complexity index is 218. The molecule has 0 aromatic rings. The van der Waals surface area contributed by atoms with Crippen molar-refractivity contribution >= 4 is 28.7 Å². The second-order valence-electron chi connectivity index (χ2n) is 3.38. The number of nitrogens with one attached hydrogen (secondary N) is 1. The number of alkyl carbamates (subject to hydrolysis) is 1. The number of rotatable bonds is 1. The molecule has 2 atom stereocenters. The maximum Gasteiger partial charge on any atom is 0.407 e. The Morgan fingerprint density at radius 3 is 2.71 bits per heavy atom. The molecule has 0 aliphatic heterocycles. The number of alkyl halides is 1. The molecular weight excluding hydrogens is 293 g/mol. The summed E-state index contributed by atoms with van der Waals surface area (Å²) in [5, 5.41) is 2.88. The Morgan fingerprint density at radius 2 is 2.07 bits per heavy atom. The van der Waals surface area contributed by atoms with Gasteiger partial charge in [-0.1, -0.05) is 34.7 Å². The molecule has 0 aromatic heterocycles. The van der Waals surface area contributed by atoms with E-state index in [0.717, 1.165) is 25.7 Å². The van der Waals surface area contributed by atoms with Gasteiger partial charge in [-0.15, -0.1) is 0 Å². The summed E-state index contributed by atoms with van der Waals surface area (Å²) in [4.78, 5) is 11.1. The number of carbonyl (C=O) groups excluding carboxylic acids is 1. The van der Waals surface area contributed by atoms with Gasteiger partial charge < -0.3 is 10.1 Å². The Morgan fingerprint density at radius 1 is 1.43 bits per heavy atom. The predicted molar refractivity (Wildman–Crippen MR) is 64.7 cm³/mol. The largest absolute Gasteiger partial charge is 0.453 e. The minimum Gasteiger partial charge on any atom is -0.453 e. The van der Waals surface area contributed by atoms with Crippen LogP contribution in [0.3, 0.4) is 0 Å². The van der Waals surface area contributed by atoms with Gasteiger partial charge in [0.15, 0.2) is 0 Å². The standard InChI is InChI=1S/C10H16INO2/c1-14-10(13)12-9-7-5-3-2-4-6-8(9)11/h2-3,8-9H,4-7H2,1H3,(H,12,13)/b3-2+/t8-,9-/m0/s1. The highest BCUT2D eigenvalue weighted by Gasteiger charge is 2.20. The molecule has 0 saturated carbocycles. The third-order valence-electron chi connectivity index (χ3n) is 2.35. The molecule has 1 N–H and O–H groups in total. The number of hydrogen-bond acceptors (Lipinski definition) is 2. The minimum atomic E-state index is -0.318. The van der Waals surface area contributed by atoms with E-state index in [2.05, 4.69) is 44.8 Å². The highest BCUT2D eigenvalue weighted by Crippen LogP contribution is 2.20. The first-order chi connectivity index (χ1) is 6.74. The smallest absolute Gasteiger partial charge is 0.407 e. The quantitative estimate of drug-likeness (QED) is 0.459. The Hall–Kier alpha value is -0.260. The average molecular weight is 309 g/mol. The third kappa shape index (κ3) is 3.86. The summed E-state index contributed by atoms with van der Waals surface area (Å²) in [5.74, 6) is 0. The fraction of sp³-hybridized carbons (Fsp3) is 0.700. The molecule has 0 heterocycles. The summed E-state index contributed by atoms with van der Waals surface area (Å²) in [6.07, 6.45) is 8.35. The van der Waals surface area contributed by atoms with Crippen LogP contribution in [0.1, 0.15) is 25.7 Å². The van der Waals surface area contributed by atoms with E-state index in [1.807, 2.05) is 0 Å². The second kappa shape index (κ2) is 6.27. The summed E-state index contributed by atoms with van der Waals surface area (Å²) in [6.45, 7) is 0. The first kappa shape index (κ1) is 11.8. The van der Waals surface area contributed by atoms with Crippen LogP contribution in [0.15, 0.2) is 12.2 Å². The normalized spacial score (nSPS) is 29.9. The second-order valence-corrected chi connectivity index (χ2v) is 4.98. The number of carbonyl (C=O) groups is 1. The van der Waals surface area contributed by atoms with Gasteiger partial charge in [-0.05, 0) is 25.7 Å². The molecule has 3 nitrogen and oxygen atoms in total. The molecule has 1 aliphatic carbocycles. The number of ether oxygens (including phenoxy) is 1. The Balaban J connectivity index is 2.47. The zero-order chi connectivity index (χ0) is 10.4. The van der Waals surface area contributed by atoms with Crippen molar-refractivity contribution in [2.75, 3.05) is 7.11 Å². The molecule has 1 amide bonds. The van der Waals surface area contributed by atoms with Gasteiger partial charge in [0.05, 0.1) is 7.11 Å². The van der Waals surface area contributed by atoms with Crippen LogP contribution in [0.25, 0.3) is 0 Å². The van der Waals surface area contributed by atoms with Gasteiger partial charge in [-0.2, -0.15) is 0 Å². The van der Waals surface area contributed by atoms with Crippen molar-refractivity contribution in [1.29, 1.82) is 0 Å². The topological polar surface area (TPSA) is 38.3 Å². The van der Waals surface area contributed by atoms with E-state index in [4.69, 9.17) is 0 Å². The van der Waals surface area contributed by atoms with Crippen molar-refractivity contribution in [3.05, 3.63) is 12.2 Å². The lowest BCUT2D eigenvalue weighted by atomic mass is 10.0. The van der Waals surface area contributed by atoms with Crippen LogP contribution in [0.5, 0.6) is 0 Å². The molecule has 1 rings (SSSR count). The summed E-state index contributed by atoms with van der Waals surface area (Å²) in [7, 11) is 1.40. The predicted octanol–water partition coefficient (Wildman–Crippen LogP) is 2.64. The van der Waals surface area contributed by atoms with Crippen LogP contribution in [-0.2, 0) is 4.74 Å². The lowest BCUT2D eigenvalue weighted by Gasteiger charge is -2.23. The lowest BCUT2D eigenvalue weighted by molar-refractivity contribution is 0.165. The first-order valence-electron chi connectivity index (χ1n) is 4.87. The summed E-state index contributed by atoms with van der Waals surface area (Å²) in [6, 6.07) is 0.244. The number of allylic oxidation sites excluding steroid dienone is 2. The van der Waals surface area contributed by atoms with E-state index in [9.17, 15) is 4.79 Å². The van der Waals surface area contributed by atoms with Gasteiger partial charge in [0.1, 0.15) is 0 Å². The monoisotopic (exact) mass is 309 g/mol. The summed E-state index contributed by atoms with van der Waals surface area (Å²) < 4.78 is 5.10. The maximum atomic E-state index is 11.1. The zero-order valence-corrected chi connectivity index (χ0v) is 10.5. The van der Waals surface area contributed by atoms with Crippen LogP contribution in [0, 0.1) is 0 Å². The van der Waals surface area contributed by atoms with E-state index >= 15 is 0 Å². The molecule has 0 spiro atoms. The average Bonchev–Trinajstić information content (AvgIpc) is 2.17. The number of amides is 1. The van der Waals surface area contributed by atoms with Crippen LogP contribution < -0.4 is 5.32 Å². The molecule has 0 saturated heterocycles. The molecule has 0 unspecified atom stereocenters. The lowest BCUT2D eigenvalue weighted by Crippen LogP contribution is -2.41. The fourth-order valence-corrected chi connectivity index (χ4v) is 2.42. The molecule has 80 valence electrons. The van der Waals surface area contributed by atoms with E-state index in [1.165, 1.54) is 7.11 Å². The Kier molecular flexibility index (Phi) is 5.29. The van der Waals surface area contributed by atoms with E-state index in [0.29, 0.717) is 3.92 Å². The molecule has 0 fully saturated rings. The van der Waals surface area contributed by atoms with Gasteiger partial charge in [0.25, 0.3) is 0 Å². The van der Waals surface area contributed by atoms with E-state index in [1.54, 1.807) is 0 Å². The highest BCUT2D eigenvalue weighted by molar-refractivity contribution is 14.1. The van der Waals surface area contributed by atoms with Crippen molar-refractivity contribution in [2.24, 2.45) is 0 Å². The molecule has 0 aromatic carbocycles. The number of hydrogen-bond donors (Lipinski definition) is 1. The molecular formula is C10H16INO2. The van der Waals surface area contributed by atoms with Crippen molar-refractivity contribution in [2.45, 2.75) is 35.6 Å². The third-order valence-corrected chi connectivity index (χ3v) is 3.84. The fourth-order valence-electron chi connectivity index (χ4n) is 1.52. The van der Waals surface area contributed by atoms with Crippen LogP contribution in [-0.4, -0.2) is 23.2 Å². The minimum absolute atomic E-state index is 0.244. The first-order valence-corrected chi connectivity index (χ1v) is 6.12. The maximum absolute atomic E-state index is 11.1. The van der Waals surface area contributed by atoms with Crippen molar-refractivity contribution in [1.82, 2.24) is 5.32 Å². The molecule has 1 aliphatic rings. The van der Waals surface area contributed by atoms with Crippen LogP contribution in [0.4, 0.5) is 4.79 Å². The van der Waals surface area contributed by atoms with E-state index < -0.39 is 0 Å². The van der Waals surface area contributed by atoms with Crippen LogP contribution in [0.2, 0.25) is 0 Å². The van der Waals surface area contributed by atoms with Gasteiger partial charge >= 0.3 is 6.09 Å². The van der Waals surface area contributed by atoms with Crippen molar-refractivity contribution < 1.29 is 9.53 Å². The zero-order valence-electron chi connectivity index (χ0n) is 8.33. The number of methoxy groups -OCH3 is 1. The molecule has 0 bridgehead atoms. The molecule has 0 radical (unpaired) electrons. The van der Waals surface area contributed by atoms with Crippen LogP contribution >= 0.6 is 22.6 Å². The summed E-state index contributed by atoms with van der Waals surface area (Å²) >= 11 is 2.41. The van der Waals surface area contributed by atoms with Gasteiger partial charge in [0, 0.05) is 9.97 Å². The number of halogens is 1.